The van der Waals surface area contributed by atoms with Crippen molar-refractivity contribution in [1.82, 2.24) is 0 Å². The van der Waals surface area contributed by atoms with Gasteiger partial charge in [0, 0.05) is 5.56 Å². The Hall–Kier alpha value is -2.80. The maximum atomic E-state index is 14.2. The smallest absolute Gasteiger partial charge is 0.416 e. The van der Waals surface area contributed by atoms with Gasteiger partial charge in [-0.25, -0.2) is 4.79 Å². The summed E-state index contributed by atoms with van der Waals surface area (Å²) in [5.74, 6) is -0.781. The van der Waals surface area contributed by atoms with Gasteiger partial charge in [-0.1, -0.05) is 18.2 Å². The fourth-order valence-corrected chi connectivity index (χ4v) is 4.04. The molecule has 2 aromatic rings. The third-order valence-electron chi connectivity index (χ3n) is 5.56. The molecule has 3 rings (SSSR count). The van der Waals surface area contributed by atoms with Crippen LogP contribution in [0, 0.1) is 0 Å². The van der Waals surface area contributed by atoms with Crippen molar-refractivity contribution in [2.75, 3.05) is 6.61 Å². The van der Waals surface area contributed by atoms with E-state index in [1.54, 1.807) is 58.9 Å². The van der Waals surface area contributed by atoms with Crippen molar-refractivity contribution in [3.05, 3.63) is 58.7 Å². The molecule has 0 saturated carbocycles. The number of hydrogen-bond acceptors (Lipinski definition) is 3. The zero-order valence-corrected chi connectivity index (χ0v) is 19.5. The van der Waals surface area contributed by atoms with Crippen LogP contribution in [0.15, 0.2) is 36.4 Å². The zero-order chi connectivity index (χ0) is 24.6. The summed E-state index contributed by atoms with van der Waals surface area (Å²) < 4.78 is 54.0. The lowest BCUT2D eigenvalue weighted by atomic mass is 9.84. The highest BCUT2D eigenvalue weighted by Crippen LogP contribution is 2.46. The van der Waals surface area contributed by atoms with Gasteiger partial charge in [0.2, 0.25) is 0 Å². The first-order valence-corrected chi connectivity index (χ1v) is 10.9. The van der Waals surface area contributed by atoms with Gasteiger partial charge in [0.15, 0.2) is 6.10 Å². The van der Waals surface area contributed by atoms with E-state index in [0.717, 1.165) is 30.0 Å². The Kier molecular flexibility index (Phi) is 6.93. The number of allylic oxidation sites excluding steroid dienone is 2. The normalized spacial score (nSPS) is 15.6. The van der Waals surface area contributed by atoms with Crippen molar-refractivity contribution in [2.24, 2.45) is 0 Å². The lowest BCUT2D eigenvalue weighted by molar-refractivity contribution is -0.163. The minimum atomic E-state index is -4.77. The van der Waals surface area contributed by atoms with E-state index < -0.39 is 29.4 Å². The Morgan fingerprint density at radius 3 is 2.45 bits per heavy atom. The second-order valence-corrected chi connectivity index (χ2v) is 9.14. The van der Waals surface area contributed by atoms with Crippen molar-refractivity contribution in [2.45, 2.75) is 65.3 Å². The molecule has 1 atom stereocenters. The molecule has 1 heterocycles. The van der Waals surface area contributed by atoms with Crippen LogP contribution in [0.25, 0.3) is 16.7 Å². The third-order valence-corrected chi connectivity index (χ3v) is 5.56. The number of carbonyl (C=O) groups is 1. The number of rotatable bonds is 5. The van der Waals surface area contributed by atoms with Crippen LogP contribution in [0.3, 0.4) is 0 Å². The van der Waals surface area contributed by atoms with Crippen molar-refractivity contribution < 1.29 is 32.5 Å². The number of carboxylic acid groups (broad SMARTS) is 1. The topological polar surface area (TPSA) is 55.8 Å². The van der Waals surface area contributed by atoms with E-state index in [4.69, 9.17) is 9.47 Å². The summed E-state index contributed by atoms with van der Waals surface area (Å²) in [5.41, 5.74) is 0.463. The molecule has 0 radical (unpaired) electrons. The molecule has 33 heavy (non-hydrogen) atoms. The lowest BCUT2D eigenvalue weighted by Gasteiger charge is -2.30. The Bertz CT molecular complexity index is 1080. The SMILES string of the molecule is CC=C(C)c1ccc(C(F)(F)F)c(C(OC(C)(C)C)C(=O)O)c1-c1ccc2c(c1)CCCO2. The minimum Gasteiger partial charge on any atom is -0.493 e. The molecule has 1 N–H and O–H groups in total. The first-order valence-electron chi connectivity index (χ1n) is 10.9. The van der Waals surface area contributed by atoms with Crippen LogP contribution in [-0.2, 0) is 22.1 Å². The standard InChI is InChI=1S/C26H29F3O4/c1-6-15(2)18-10-11-19(26(27,28)29)22(23(24(30)31)33-25(3,4)5)21(18)17-9-12-20-16(14-17)8-7-13-32-20/h6,9-12,14,23H,7-8,13H2,1-5H3,(H,30,31). The predicted molar refractivity (Wildman–Crippen MR) is 121 cm³/mol. The predicted octanol–water partition coefficient (Wildman–Crippen LogP) is 7.06. The van der Waals surface area contributed by atoms with Gasteiger partial charge in [-0.15, -0.1) is 0 Å². The lowest BCUT2D eigenvalue weighted by Crippen LogP contribution is -2.29. The average molecular weight is 463 g/mol. The van der Waals surface area contributed by atoms with E-state index in [2.05, 4.69) is 0 Å². The van der Waals surface area contributed by atoms with E-state index in [-0.39, 0.29) is 11.1 Å². The van der Waals surface area contributed by atoms with Crippen molar-refractivity contribution in [1.29, 1.82) is 0 Å². The van der Waals surface area contributed by atoms with Crippen molar-refractivity contribution in [3.8, 4) is 16.9 Å². The first kappa shape index (κ1) is 24.8. The van der Waals surface area contributed by atoms with Crippen LogP contribution in [0.1, 0.15) is 69.4 Å². The number of aryl methyl sites for hydroxylation is 1. The Balaban J connectivity index is 2.43. The number of alkyl halides is 3. The molecule has 7 heteroatoms. The number of benzene rings is 2. The first-order chi connectivity index (χ1) is 15.3. The van der Waals surface area contributed by atoms with E-state index in [0.29, 0.717) is 23.5 Å². The van der Waals surface area contributed by atoms with Gasteiger partial charge in [-0.2, -0.15) is 13.2 Å². The highest BCUT2D eigenvalue weighted by Gasteiger charge is 2.41. The molecule has 0 spiro atoms. The maximum absolute atomic E-state index is 14.2. The molecule has 4 nitrogen and oxygen atoms in total. The molecule has 0 saturated heterocycles. The summed E-state index contributed by atoms with van der Waals surface area (Å²) in [5, 5.41) is 10.0. The van der Waals surface area contributed by atoms with Gasteiger partial charge in [0.05, 0.1) is 17.8 Å². The molecule has 1 unspecified atom stereocenters. The summed E-state index contributed by atoms with van der Waals surface area (Å²) in [6.07, 6.45) is -3.25. The number of hydrogen-bond donors (Lipinski definition) is 1. The summed E-state index contributed by atoms with van der Waals surface area (Å²) in [7, 11) is 0. The molecular formula is C26H29F3O4. The van der Waals surface area contributed by atoms with Gasteiger partial charge in [-0.05, 0) is 93.5 Å². The van der Waals surface area contributed by atoms with E-state index in [9.17, 15) is 23.1 Å². The summed E-state index contributed by atoms with van der Waals surface area (Å²) >= 11 is 0. The molecule has 0 aromatic heterocycles. The third kappa shape index (κ3) is 5.41. The molecule has 0 bridgehead atoms. The van der Waals surface area contributed by atoms with Gasteiger partial charge in [0.25, 0.3) is 0 Å². The number of fused-ring (bicyclic) bond motifs is 1. The highest BCUT2D eigenvalue weighted by molar-refractivity contribution is 5.88. The van der Waals surface area contributed by atoms with Gasteiger partial charge in [0.1, 0.15) is 5.75 Å². The monoisotopic (exact) mass is 462 g/mol. The van der Waals surface area contributed by atoms with Crippen LogP contribution < -0.4 is 4.74 Å². The number of ether oxygens (including phenoxy) is 2. The molecule has 0 aliphatic carbocycles. The van der Waals surface area contributed by atoms with Crippen LogP contribution in [0.4, 0.5) is 13.2 Å². The number of aliphatic carboxylic acids is 1. The number of halogens is 3. The average Bonchev–Trinajstić information content (AvgIpc) is 2.74. The van der Waals surface area contributed by atoms with Crippen LogP contribution in [0.5, 0.6) is 5.75 Å². The Morgan fingerprint density at radius 1 is 1.18 bits per heavy atom. The molecule has 178 valence electrons. The largest absolute Gasteiger partial charge is 0.493 e. The second kappa shape index (κ2) is 9.21. The van der Waals surface area contributed by atoms with Crippen LogP contribution in [-0.4, -0.2) is 23.3 Å². The van der Waals surface area contributed by atoms with E-state index in [1.807, 2.05) is 0 Å². The van der Waals surface area contributed by atoms with Gasteiger partial charge in [-0.3, -0.25) is 0 Å². The molecule has 1 aliphatic rings. The quantitative estimate of drug-likeness (QED) is 0.517. The Morgan fingerprint density at radius 2 is 1.88 bits per heavy atom. The summed E-state index contributed by atoms with van der Waals surface area (Å²) in [4.78, 5) is 12.3. The van der Waals surface area contributed by atoms with E-state index >= 15 is 0 Å². The van der Waals surface area contributed by atoms with Gasteiger partial charge >= 0.3 is 12.1 Å². The van der Waals surface area contributed by atoms with Crippen LogP contribution >= 0.6 is 0 Å². The minimum absolute atomic E-state index is 0.213. The van der Waals surface area contributed by atoms with Gasteiger partial charge < -0.3 is 14.6 Å². The maximum Gasteiger partial charge on any atom is 0.416 e. The van der Waals surface area contributed by atoms with E-state index in [1.165, 1.54) is 6.07 Å². The molecule has 0 amide bonds. The molecule has 1 aliphatic heterocycles. The highest BCUT2D eigenvalue weighted by atomic mass is 19.4. The zero-order valence-electron chi connectivity index (χ0n) is 19.5. The Labute approximate surface area is 192 Å². The number of carboxylic acids is 1. The fourth-order valence-electron chi connectivity index (χ4n) is 4.04. The van der Waals surface area contributed by atoms with Crippen molar-refractivity contribution in [3.63, 3.8) is 0 Å². The summed E-state index contributed by atoms with van der Waals surface area (Å²) in [6, 6.07) is 7.58. The fraction of sp³-hybridized carbons (Fsp3) is 0.423. The molecule has 2 aromatic carbocycles. The second-order valence-electron chi connectivity index (χ2n) is 9.14. The van der Waals surface area contributed by atoms with Crippen LogP contribution in [0.2, 0.25) is 0 Å². The molecule has 0 fully saturated rings. The summed E-state index contributed by atoms with van der Waals surface area (Å²) in [6.45, 7) is 9.02. The van der Waals surface area contributed by atoms with Crippen molar-refractivity contribution >= 4 is 11.5 Å². The molecular weight excluding hydrogens is 433 g/mol.